The molecule has 0 amide bonds. The fourth-order valence-corrected chi connectivity index (χ4v) is 3.98. The Balaban J connectivity index is 2.20. The van der Waals surface area contributed by atoms with Crippen LogP contribution in [0.15, 0.2) is 24.3 Å². The molecule has 0 saturated carbocycles. The zero-order valence-corrected chi connectivity index (χ0v) is 15.1. The van der Waals surface area contributed by atoms with E-state index < -0.39 is 0 Å². The van der Waals surface area contributed by atoms with Crippen LogP contribution < -0.4 is 0 Å². The fourth-order valence-electron chi connectivity index (χ4n) is 3.98. The van der Waals surface area contributed by atoms with Crippen molar-refractivity contribution < 1.29 is 4.79 Å². The molecule has 1 aromatic carbocycles. The molecule has 24 heavy (non-hydrogen) atoms. The summed E-state index contributed by atoms with van der Waals surface area (Å²) in [6.45, 7) is 10.9. The molecule has 0 bridgehead atoms. The SMILES string of the molecule is CC1(C)CC(=O)c2c(nc(C(C)(C)C)c3[nH]c4ccccc4c23)C1. The second-order valence-corrected chi connectivity index (χ2v) is 8.89. The van der Waals surface area contributed by atoms with E-state index in [1.807, 2.05) is 12.1 Å². The lowest BCUT2D eigenvalue weighted by atomic mass is 9.74. The minimum absolute atomic E-state index is 0.0218. The van der Waals surface area contributed by atoms with Gasteiger partial charge in [-0.2, -0.15) is 0 Å². The molecule has 124 valence electrons. The first-order chi connectivity index (χ1) is 11.2. The van der Waals surface area contributed by atoms with Crippen LogP contribution in [0.5, 0.6) is 0 Å². The van der Waals surface area contributed by atoms with Gasteiger partial charge in [0, 0.05) is 33.7 Å². The maximum Gasteiger partial charge on any atom is 0.165 e. The van der Waals surface area contributed by atoms with E-state index in [1.165, 1.54) is 0 Å². The lowest BCUT2D eigenvalue weighted by molar-refractivity contribution is 0.0912. The van der Waals surface area contributed by atoms with Crippen LogP contribution in [0.25, 0.3) is 21.8 Å². The van der Waals surface area contributed by atoms with Crippen LogP contribution in [0, 0.1) is 5.41 Å². The molecule has 2 aromatic heterocycles. The third-order valence-corrected chi connectivity index (χ3v) is 5.00. The van der Waals surface area contributed by atoms with E-state index in [4.69, 9.17) is 4.98 Å². The largest absolute Gasteiger partial charge is 0.353 e. The van der Waals surface area contributed by atoms with Gasteiger partial charge in [0.2, 0.25) is 0 Å². The maximum absolute atomic E-state index is 13.0. The first-order valence-corrected chi connectivity index (χ1v) is 8.64. The lowest BCUT2D eigenvalue weighted by Crippen LogP contribution is -2.29. The first-order valence-electron chi connectivity index (χ1n) is 8.64. The van der Waals surface area contributed by atoms with E-state index in [9.17, 15) is 4.79 Å². The van der Waals surface area contributed by atoms with Crippen LogP contribution in [-0.2, 0) is 11.8 Å². The summed E-state index contributed by atoms with van der Waals surface area (Å²) in [5, 5.41) is 2.20. The third kappa shape index (κ3) is 2.18. The summed E-state index contributed by atoms with van der Waals surface area (Å²) in [4.78, 5) is 21.5. The summed E-state index contributed by atoms with van der Waals surface area (Å²) < 4.78 is 0. The van der Waals surface area contributed by atoms with Crippen LogP contribution in [0.3, 0.4) is 0 Å². The molecule has 1 aliphatic rings. The maximum atomic E-state index is 13.0. The smallest absolute Gasteiger partial charge is 0.165 e. The molecule has 0 radical (unpaired) electrons. The van der Waals surface area contributed by atoms with Crippen LogP contribution >= 0.6 is 0 Å². The van der Waals surface area contributed by atoms with Crippen molar-refractivity contribution >= 4 is 27.6 Å². The van der Waals surface area contributed by atoms with Gasteiger partial charge < -0.3 is 4.98 Å². The Morgan fingerprint density at radius 1 is 1.12 bits per heavy atom. The van der Waals surface area contributed by atoms with Crippen LogP contribution in [0.1, 0.15) is 62.8 Å². The van der Waals surface area contributed by atoms with Crippen molar-refractivity contribution in [1.29, 1.82) is 0 Å². The number of rotatable bonds is 0. The van der Waals surface area contributed by atoms with Crippen molar-refractivity contribution in [3.63, 3.8) is 0 Å². The van der Waals surface area contributed by atoms with Crippen molar-refractivity contribution in [3.05, 3.63) is 41.2 Å². The quantitative estimate of drug-likeness (QED) is 0.621. The van der Waals surface area contributed by atoms with Gasteiger partial charge in [-0.15, -0.1) is 0 Å². The molecule has 0 spiro atoms. The average molecular weight is 320 g/mol. The summed E-state index contributed by atoms with van der Waals surface area (Å²) in [7, 11) is 0. The molecule has 2 heterocycles. The number of carbonyl (C=O) groups is 1. The molecule has 0 aliphatic heterocycles. The molecule has 1 N–H and O–H groups in total. The molecule has 3 nitrogen and oxygen atoms in total. The minimum atomic E-state index is -0.0845. The second-order valence-electron chi connectivity index (χ2n) is 8.89. The highest BCUT2D eigenvalue weighted by atomic mass is 16.1. The summed E-state index contributed by atoms with van der Waals surface area (Å²) in [5.41, 5.74) is 4.86. The first kappa shape index (κ1) is 15.4. The number of aromatic amines is 1. The topological polar surface area (TPSA) is 45.8 Å². The minimum Gasteiger partial charge on any atom is -0.353 e. The Labute approximate surface area is 142 Å². The molecule has 1 aliphatic carbocycles. The van der Waals surface area contributed by atoms with E-state index in [-0.39, 0.29) is 16.6 Å². The lowest BCUT2D eigenvalue weighted by Gasteiger charge is -2.31. The molecule has 0 saturated heterocycles. The number of nitrogens with zero attached hydrogens (tertiary/aromatic N) is 1. The monoisotopic (exact) mass is 320 g/mol. The van der Waals surface area contributed by atoms with Crippen LogP contribution in [0.4, 0.5) is 0 Å². The average Bonchev–Trinajstić information content (AvgIpc) is 2.82. The second kappa shape index (κ2) is 4.69. The van der Waals surface area contributed by atoms with Crippen molar-refractivity contribution in [3.8, 4) is 0 Å². The van der Waals surface area contributed by atoms with Crippen LogP contribution in [0.2, 0.25) is 0 Å². The fraction of sp³-hybridized carbons (Fsp3) is 0.429. The number of fused-ring (bicyclic) bond motifs is 5. The number of pyridine rings is 1. The zero-order chi connectivity index (χ0) is 17.3. The zero-order valence-electron chi connectivity index (χ0n) is 15.1. The van der Waals surface area contributed by atoms with Crippen molar-refractivity contribution in [2.75, 3.05) is 0 Å². The van der Waals surface area contributed by atoms with Gasteiger partial charge in [-0.05, 0) is 17.9 Å². The van der Waals surface area contributed by atoms with Crippen molar-refractivity contribution in [2.45, 2.75) is 52.9 Å². The molecule has 3 heteroatoms. The van der Waals surface area contributed by atoms with Gasteiger partial charge >= 0.3 is 0 Å². The van der Waals surface area contributed by atoms with Gasteiger partial charge in [-0.3, -0.25) is 9.78 Å². The summed E-state index contributed by atoms with van der Waals surface area (Å²) in [5.74, 6) is 0.226. The number of hydrogen-bond donors (Lipinski definition) is 1. The highest BCUT2D eigenvalue weighted by Gasteiger charge is 2.36. The van der Waals surface area contributed by atoms with E-state index in [0.29, 0.717) is 6.42 Å². The van der Waals surface area contributed by atoms with E-state index in [1.54, 1.807) is 0 Å². The Morgan fingerprint density at radius 3 is 2.54 bits per heavy atom. The number of aromatic nitrogens is 2. The highest BCUT2D eigenvalue weighted by Crippen LogP contribution is 2.42. The Kier molecular flexibility index (Phi) is 3.00. The number of carbonyl (C=O) groups excluding carboxylic acids is 1. The molecule has 0 fully saturated rings. The van der Waals surface area contributed by atoms with Crippen molar-refractivity contribution in [1.82, 2.24) is 9.97 Å². The molecule has 4 rings (SSSR count). The predicted octanol–water partition coefficient (Wildman–Crippen LogP) is 5.17. The Hall–Kier alpha value is -2.16. The number of Topliss-reactive ketones (excluding diaryl/α,β-unsaturated/α-hetero) is 1. The number of nitrogens with one attached hydrogen (secondary N) is 1. The van der Waals surface area contributed by atoms with Gasteiger partial charge in [-0.25, -0.2) is 0 Å². The van der Waals surface area contributed by atoms with Gasteiger partial charge in [0.1, 0.15) is 0 Å². The number of para-hydroxylation sites is 1. The predicted molar refractivity (Wildman–Crippen MR) is 98.7 cm³/mol. The number of hydrogen-bond acceptors (Lipinski definition) is 2. The standard InChI is InChI=1S/C21H24N2O/c1-20(2,3)19-18-16(12-8-6-7-9-13(12)22-18)17-14(23-19)10-21(4,5)11-15(17)24/h6-9,22H,10-11H2,1-5H3. The van der Waals surface area contributed by atoms with E-state index in [0.717, 1.165) is 45.2 Å². The normalized spacial score (nSPS) is 17.5. The molecular formula is C21H24N2O. The summed E-state index contributed by atoms with van der Waals surface area (Å²) >= 11 is 0. The van der Waals surface area contributed by atoms with Crippen molar-refractivity contribution in [2.24, 2.45) is 5.41 Å². The highest BCUT2D eigenvalue weighted by molar-refractivity contribution is 6.19. The summed E-state index contributed by atoms with van der Waals surface area (Å²) in [6.07, 6.45) is 1.44. The Bertz CT molecular complexity index is 986. The van der Waals surface area contributed by atoms with E-state index >= 15 is 0 Å². The number of H-pyrrole nitrogens is 1. The number of ketones is 1. The molecular weight excluding hydrogens is 296 g/mol. The number of benzene rings is 1. The summed E-state index contributed by atoms with van der Waals surface area (Å²) in [6, 6.07) is 8.25. The molecule has 3 aromatic rings. The third-order valence-electron chi connectivity index (χ3n) is 5.00. The van der Waals surface area contributed by atoms with Gasteiger partial charge in [0.05, 0.1) is 16.9 Å². The molecule has 0 unspecified atom stereocenters. The van der Waals surface area contributed by atoms with Crippen LogP contribution in [-0.4, -0.2) is 15.8 Å². The van der Waals surface area contributed by atoms with Gasteiger partial charge in [0.25, 0.3) is 0 Å². The van der Waals surface area contributed by atoms with E-state index in [2.05, 4.69) is 51.7 Å². The molecule has 0 atom stereocenters. The van der Waals surface area contributed by atoms with Gasteiger partial charge in [0.15, 0.2) is 5.78 Å². The van der Waals surface area contributed by atoms with Gasteiger partial charge in [-0.1, -0.05) is 52.8 Å². The Morgan fingerprint density at radius 2 is 1.83 bits per heavy atom.